The van der Waals surface area contributed by atoms with Crippen LogP contribution in [0.3, 0.4) is 0 Å². The van der Waals surface area contributed by atoms with Gasteiger partial charge in [0, 0.05) is 0 Å². The average molecular weight is 246 g/mol. The summed E-state index contributed by atoms with van der Waals surface area (Å²) in [4.78, 5) is 11.5. The normalized spacial score (nSPS) is 24.1. The van der Waals surface area contributed by atoms with E-state index in [9.17, 15) is 4.79 Å². The predicted octanol–water partition coefficient (Wildman–Crippen LogP) is 1.87. The maximum absolute atomic E-state index is 11.5. The zero-order chi connectivity index (χ0) is 12.5. The van der Waals surface area contributed by atoms with Gasteiger partial charge in [0.25, 0.3) is 5.91 Å². The maximum atomic E-state index is 11.5. The topological polar surface area (TPSA) is 50.4 Å². The molecule has 0 aromatic heterocycles. The van der Waals surface area contributed by atoms with E-state index in [2.05, 4.69) is 22.8 Å². The Bertz CT molecular complexity index is 467. The molecule has 4 heteroatoms. The summed E-state index contributed by atoms with van der Waals surface area (Å²) < 4.78 is 5.65. The molecule has 18 heavy (non-hydrogen) atoms. The quantitative estimate of drug-likeness (QED) is 0.795. The van der Waals surface area contributed by atoms with Crippen LogP contribution in [0, 0.1) is 0 Å². The molecular formula is C14H18N2O2. The van der Waals surface area contributed by atoms with E-state index in [0.29, 0.717) is 5.92 Å². The van der Waals surface area contributed by atoms with Gasteiger partial charge >= 0.3 is 0 Å². The first-order valence-corrected chi connectivity index (χ1v) is 6.56. The Labute approximate surface area is 107 Å². The lowest BCUT2D eigenvalue weighted by molar-refractivity contribution is -0.122. The third kappa shape index (κ3) is 2.08. The minimum Gasteiger partial charge on any atom is -0.479 e. The van der Waals surface area contributed by atoms with Crippen LogP contribution >= 0.6 is 0 Å². The average Bonchev–Trinajstić information content (AvgIpc) is 2.41. The number of carbonyl (C=O) groups excluding carboxylic acids is 1. The van der Waals surface area contributed by atoms with Crippen molar-refractivity contribution in [3.05, 3.63) is 23.8 Å². The molecule has 3 rings (SSSR count). The number of fused-ring (bicyclic) bond motifs is 1. The molecule has 1 atom stereocenters. The lowest BCUT2D eigenvalue weighted by atomic mass is 9.90. The highest BCUT2D eigenvalue weighted by Gasteiger charge is 2.24. The Morgan fingerprint density at radius 3 is 2.83 bits per heavy atom. The van der Waals surface area contributed by atoms with E-state index in [0.717, 1.165) is 24.5 Å². The van der Waals surface area contributed by atoms with Crippen LogP contribution < -0.4 is 15.4 Å². The highest BCUT2D eigenvalue weighted by molar-refractivity contribution is 5.97. The summed E-state index contributed by atoms with van der Waals surface area (Å²) >= 11 is 0. The van der Waals surface area contributed by atoms with E-state index >= 15 is 0 Å². The highest BCUT2D eigenvalue weighted by atomic mass is 16.5. The van der Waals surface area contributed by atoms with Gasteiger partial charge in [-0.15, -0.1) is 0 Å². The van der Waals surface area contributed by atoms with Crippen molar-refractivity contribution < 1.29 is 9.53 Å². The van der Waals surface area contributed by atoms with Crippen LogP contribution in [-0.2, 0) is 4.79 Å². The first-order chi connectivity index (χ1) is 8.74. The summed E-state index contributed by atoms with van der Waals surface area (Å²) in [5, 5.41) is 6.23. The standard InChI is InChI=1S/C14H18N2O2/c1-9-14(17)16-12-3-2-11(8-13(12)18-9)10-4-6-15-7-5-10/h2-3,8-10,15H,4-7H2,1H3,(H,16,17). The Morgan fingerprint density at radius 2 is 2.06 bits per heavy atom. The summed E-state index contributed by atoms with van der Waals surface area (Å²) in [6.45, 7) is 3.93. The van der Waals surface area contributed by atoms with Gasteiger partial charge in [0.1, 0.15) is 5.75 Å². The first-order valence-electron chi connectivity index (χ1n) is 6.56. The summed E-state index contributed by atoms with van der Waals surface area (Å²) in [5.41, 5.74) is 2.11. The van der Waals surface area contributed by atoms with Crippen molar-refractivity contribution in [3.8, 4) is 5.75 Å². The SMILES string of the molecule is CC1Oc2cc(C3CCNCC3)ccc2NC1=O. The van der Waals surface area contributed by atoms with Crippen LogP contribution in [0.1, 0.15) is 31.2 Å². The highest BCUT2D eigenvalue weighted by Crippen LogP contribution is 2.35. The molecule has 1 aromatic carbocycles. The van der Waals surface area contributed by atoms with Crippen LogP contribution in [0.25, 0.3) is 0 Å². The molecular weight excluding hydrogens is 228 g/mol. The Hall–Kier alpha value is -1.55. The number of amides is 1. The van der Waals surface area contributed by atoms with Crippen molar-refractivity contribution in [1.29, 1.82) is 0 Å². The van der Waals surface area contributed by atoms with Gasteiger partial charge in [0.15, 0.2) is 6.10 Å². The van der Waals surface area contributed by atoms with Gasteiger partial charge in [-0.2, -0.15) is 0 Å². The third-order valence-corrected chi connectivity index (χ3v) is 3.75. The molecule has 2 aliphatic heterocycles. The van der Waals surface area contributed by atoms with E-state index in [1.165, 1.54) is 18.4 Å². The van der Waals surface area contributed by atoms with Gasteiger partial charge in [0.2, 0.25) is 0 Å². The summed E-state index contributed by atoms with van der Waals surface area (Å²) in [6, 6.07) is 6.15. The van der Waals surface area contributed by atoms with E-state index in [1.54, 1.807) is 6.92 Å². The number of ether oxygens (including phenoxy) is 1. The minimum absolute atomic E-state index is 0.0721. The molecule has 1 unspecified atom stereocenters. The molecule has 2 aliphatic rings. The van der Waals surface area contributed by atoms with Crippen molar-refractivity contribution in [3.63, 3.8) is 0 Å². The summed E-state index contributed by atoms with van der Waals surface area (Å²) in [7, 11) is 0. The molecule has 0 saturated carbocycles. The molecule has 1 amide bonds. The maximum Gasteiger partial charge on any atom is 0.265 e. The summed E-state index contributed by atoms with van der Waals surface area (Å²) in [6.07, 6.45) is 1.93. The van der Waals surface area contributed by atoms with E-state index in [4.69, 9.17) is 4.74 Å². The fourth-order valence-electron chi connectivity index (χ4n) is 2.63. The molecule has 0 aliphatic carbocycles. The second-order valence-electron chi connectivity index (χ2n) is 5.03. The van der Waals surface area contributed by atoms with E-state index in [1.807, 2.05) is 6.07 Å². The lowest BCUT2D eigenvalue weighted by Gasteiger charge is -2.27. The number of hydrogen-bond donors (Lipinski definition) is 2. The smallest absolute Gasteiger partial charge is 0.265 e. The molecule has 2 N–H and O–H groups in total. The van der Waals surface area contributed by atoms with Crippen LogP contribution in [-0.4, -0.2) is 25.1 Å². The molecule has 96 valence electrons. The van der Waals surface area contributed by atoms with Gasteiger partial charge < -0.3 is 15.4 Å². The predicted molar refractivity (Wildman–Crippen MR) is 70.0 cm³/mol. The lowest BCUT2D eigenvalue weighted by Crippen LogP contribution is -2.34. The fraction of sp³-hybridized carbons (Fsp3) is 0.500. The molecule has 1 fully saturated rings. The largest absolute Gasteiger partial charge is 0.479 e. The fourth-order valence-corrected chi connectivity index (χ4v) is 2.63. The van der Waals surface area contributed by atoms with E-state index < -0.39 is 6.10 Å². The second kappa shape index (κ2) is 4.61. The number of nitrogens with one attached hydrogen (secondary N) is 2. The minimum atomic E-state index is -0.402. The molecule has 0 radical (unpaired) electrons. The zero-order valence-corrected chi connectivity index (χ0v) is 10.5. The number of anilines is 1. The second-order valence-corrected chi connectivity index (χ2v) is 5.03. The van der Waals surface area contributed by atoms with Crippen molar-refractivity contribution in [2.45, 2.75) is 31.8 Å². The Kier molecular flexibility index (Phi) is 2.96. The van der Waals surface area contributed by atoms with Gasteiger partial charge in [0.05, 0.1) is 5.69 Å². The van der Waals surface area contributed by atoms with Crippen molar-refractivity contribution in [1.82, 2.24) is 5.32 Å². The summed E-state index contributed by atoms with van der Waals surface area (Å²) in [5.74, 6) is 1.34. The number of piperidine rings is 1. The number of benzene rings is 1. The molecule has 0 bridgehead atoms. The van der Waals surface area contributed by atoms with Crippen molar-refractivity contribution in [2.75, 3.05) is 18.4 Å². The number of hydrogen-bond acceptors (Lipinski definition) is 3. The number of carbonyl (C=O) groups is 1. The monoisotopic (exact) mass is 246 g/mol. The van der Waals surface area contributed by atoms with E-state index in [-0.39, 0.29) is 5.91 Å². The van der Waals surface area contributed by atoms with Crippen LogP contribution in [0.15, 0.2) is 18.2 Å². The Balaban J connectivity index is 1.86. The van der Waals surface area contributed by atoms with Gasteiger partial charge in [-0.25, -0.2) is 0 Å². The molecule has 4 nitrogen and oxygen atoms in total. The zero-order valence-electron chi connectivity index (χ0n) is 10.5. The number of rotatable bonds is 1. The third-order valence-electron chi connectivity index (χ3n) is 3.75. The van der Waals surface area contributed by atoms with Gasteiger partial charge in [-0.3, -0.25) is 4.79 Å². The van der Waals surface area contributed by atoms with Gasteiger partial charge in [-0.1, -0.05) is 6.07 Å². The van der Waals surface area contributed by atoms with Crippen molar-refractivity contribution in [2.24, 2.45) is 0 Å². The first kappa shape index (κ1) is 11.5. The molecule has 1 aromatic rings. The van der Waals surface area contributed by atoms with Crippen LogP contribution in [0.4, 0.5) is 5.69 Å². The van der Waals surface area contributed by atoms with Crippen molar-refractivity contribution >= 4 is 11.6 Å². The molecule has 1 saturated heterocycles. The molecule has 2 heterocycles. The van der Waals surface area contributed by atoms with Crippen LogP contribution in [0.5, 0.6) is 5.75 Å². The van der Waals surface area contributed by atoms with Crippen LogP contribution in [0.2, 0.25) is 0 Å². The Morgan fingerprint density at radius 1 is 1.28 bits per heavy atom. The van der Waals surface area contributed by atoms with Gasteiger partial charge in [-0.05, 0) is 56.5 Å². The molecule has 0 spiro atoms.